The summed E-state index contributed by atoms with van der Waals surface area (Å²) >= 11 is 2.92. The van der Waals surface area contributed by atoms with Gasteiger partial charge >= 0.3 is 0 Å². The van der Waals surface area contributed by atoms with E-state index in [1.54, 1.807) is 30.2 Å². The molecule has 0 unspecified atom stereocenters. The minimum Gasteiger partial charge on any atom is -0.304 e. The molecule has 0 radical (unpaired) electrons. The van der Waals surface area contributed by atoms with Gasteiger partial charge in [-0.3, -0.25) is 19.3 Å². The number of pyridine rings is 1. The molecule has 0 fully saturated rings. The molecule has 1 amide bonds. The molecule has 3 heterocycles. The molecule has 25 heavy (non-hydrogen) atoms. The highest BCUT2D eigenvalue weighted by molar-refractivity contribution is 8.14. The first-order valence-electron chi connectivity index (χ1n) is 7.78. The second-order valence-corrected chi connectivity index (χ2v) is 7.62. The molecule has 1 N–H and O–H groups in total. The minimum absolute atomic E-state index is 0.0887. The van der Waals surface area contributed by atoms with Gasteiger partial charge in [0.05, 0.1) is 11.8 Å². The van der Waals surface area contributed by atoms with E-state index < -0.39 is 0 Å². The maximum Gasteiger partial charge on any atom is 0.239 e. The van der Waals surface area contributed by atoms with Gasteiger partial charge in [-0.25, -0.2) is 0 Å². The van der Waals surface area contributed by atoms with Crippen LogP contribution < -0.4 is 5.32 Å². The molecule has 2 aromatic heterocycles. The van der Waals surface area contributed by atoms with Crippen molar-refractivity contribution in [1.29, 1.82) is 0 Å². The van der Waals surface area contributed by atoms with Crippen LogP contribution in [-0.2, 0) is 11.3 Å². The molecule has 3 rings (SSSR count). The summed E-state index contributed by atoms with van der Waals surface area (Å²) in [4.78, 5) is 20.7. The van der Waals surface area contributed by atoms with E-state index in [4.69, 9.17) is 0 Å². The van der Waals surface area contributed by atoms with Crippen LogP contribution in [0.5, 0.6) is 0 Å². The van der Waals surface area contributed by atoms with Crippen molar-refractivity contribution in [1.82, 2.24) is 25.1 Å². The smallest absolute Gasteiger partial charge is 0.239 e. The molecule has 0 aliphatic carbocycles. The number of nitrogens with one attached hydrogen (secondary N) is 1. The molecule has 130 valence electrons. The van der Waals surface area contributed by atoms with Crippen molar-refractivity contribution >= 4 is 34.6 Å². The number of carbonyl (C=O) groups is 1. The van der Waals surface area contributed by atoms with E-state index in [0.717, 1.165) is 17.9 Å². The zero-order chi connectivity index (χ0) is 17.6. The summed E-state index contributed by atoms with van der Waals surface area (Å²) in [5.41, 5.74) is 0.873. The highest BCUT2D eigenvalue weighted by atomic mass is 32.2. The Morgan fingerprint density at radius 2 is 2.44 bits per heavy atom. The Morgan fingerprint density at radius 3 is 3.12 bits per heavy atom. The number of rotatable bonds is 6. The summed E-state index contributed by atoms with van der Waals surface area (Å²) in [5.74, 6) is 1.53. The molecule has 0 bridgehead atoms. The summed E-state index contributed by atoms with van der Waals surface area (Å²) in [5, 5.41) is 12.4. The van der Waals surface area contributed by atoms with Crippen LogP contribution in [0.4, 0.5) is 0 Å². The van der Waals surface area contributed by atoms with Crippen molar-refractivity contribution in [3.63, 3.8) is 0 Å². The highest BCUT2D eigenvalue weighted by Crippen LogP contribution is 2.26. The first-order valence-corrected chi connectivity index (χ1v) is 9.65. The number of nitrogens with zero attached hydrogens (tertiary/aromatic N) is 5. The van der Waals surface area contributed by atoms with Gasteiger partial charge in [0.1, 0.15) is 0 Å². The first kappa shape index (κ1) is 17.7. The van der Waals surface area contributed by atoms with Crippen molar-refractivity contribution in [2.75, 3.05) is 12.3 Å². The largest absolute Gasteiger partial charge is 0.304 e. The normalized spacial score (nSPS) is 14.8. The van der Waals surface area contributed by atoms with Gasteiger partial charge in [0.15, 0.2) is 16.1 Å². The number of thioether (sulfide) groups is 2. The average Bonchev–Trinajstić information content (AvgIpc) is 3.26. The van der Waals surface area contributed by atoms with Crippen LogP contribution in [0.25, 0.3) is 11.4 Å². The van der Waals surface area contributed by atoms with Gasteiger partial charge in [-0.05, 0) is 19.1 Å². The highest BCUT2D eigenvalue weighted by Gasteiger charge is 2.22. The fraction of sp³-hybridized carbons (Fsp3) is 0.312. The fourth-order valence-electron chi connectivity index (χ4n) is 2.21. The van der Waals surface area contributed by atoms with Crippen LogP contribution in [0.3, 0.4) is 0 Å². The quantitative estimate of drug-likeness (QED) is 0.616. The number of amidine groups is 1. The van der Waals surface area contributed by atoms with E-state index in [1.165, 1.54) is 11.8 Å². The van der Waals surface area contributed by atoms with Gasteiger partial charge in [0.25, 0.3) is 0 Å². The predicted octanol–water partition coefficient (Wildman–Crippen LogP) is 2.23. The number of allylic oxidation sites excluding steroid dienone is 1. The zero-order valence-corrected chi connectivity index (χ0v) is 15.4. The Labute approximate surface area is 154 Å². The predicted molar refractivity (Wildman–Crippen MR) is 102 cm³/mol. The van der Waals surface area contributed by atoms with E-state index in [-0.39, 0.29) is 11.2 Å². The topological polar surface area (TPSA) is 85.1 Å². The Kier molecular flexibility index (Phi) is 5.87. The number of hydrogen-bond acceptors (Lipinski definition) is 7. The lowest BCUT2D eigenvalue weighted by atomic mass is 10.3. The van der Waals surface area contributed by atoms with Crippen molar-refractivity contribution < 1.29 is 4.79 Å². The van der Waals surface area contributed by atoms with Crippen LogP contribution in [0.1, 0.15) is 6.92 Å². The molecule has 0 saturated heterocycles. The van der Waals surface area contributed by atoms with Gasteiger partial charge < -0.3 is 5.32 Å². The Bertz CT molecular complexity index is 789. The maximum absolute atomic E-state index is 12.3. The third kappa shape index (κ3) is 4.29. The number of hydrogen-bond donors (Lipinski definition) is 1. The monoisotopic (exact) mass is 374 g/mol. The van der Waals surface area contributed by atoms with Gasteiger partial charge in [0.2, 0.25) is 5.91 Å². The summed E-state index contributed by atoms with van der Waals surface area (Å²) in [7, 11) is 0. The molecule has 1 aliphatic rings. The van der Waals surface area contributed by atoms with Crippen LogP contribution in [0.15, 0.2) is 47.3 Å². The molecule has 0 spiro atoms. The van der Waals surface area contributed by atoms with Crippen LogP contribution in [0, 0.1) is 0 Å². The molecule has 7 nitrogen and oxygen atoms in total. The third-order valence-electron chi connectivity index (χ3n) is 3.42. The number of aromatic nitrogens is 4. The second kappa shape index (κ2) is 8.30. The standard InChI is InChI=1S/C16H18N6OS2/c1-3-8-22-13(12-5-4-6-17-10-12)20-21-16(22)25-11(2)14(23)19-15-18-7-9-24-15/h3-6,10-11H,1,7-9H2,2H3,(H,18,19,23)/t11-/m0/s1. The molecular weight excluding hydrogens is 356 g/mol. The van der Waals surface area contributed by atoms with Crippen LogP contribution in [0.2, 0.25) is 0 Å². The SMILES string of the molecule is C=CCn1c(S[C@@H](C)C(=O)NC2=NCCS2)nnc1-c1cccnc1. The van der Waals surface area contributed by atoms with Crippen molar-refractivity contribution in [2.24, 2.45) is 4.99 Å². The number of amides is 1. The van der Waals surface area contributed by atoms with Gasteiger partial charge in [-0.2, -0.15) is 0 Å². The summed E-state index contributed by atoms with van der Waals surface area (Å²) in [6.07, 6.45) is 5.23. The van der Waals surface area contributed by atoms with Gasteiger partial charge in [-0.15, -0.1) is 16.8 Å². The van der Waals surface area contributed by atoms with E-state index in [0.29, 0.717) is 22.7 Å². The second-order valence-electron chi connectivity index (χ2n) is 5.23. The molecule has 2 aromatic rings. The Balaban J connectivity index is 1.76. The molecular formula is C16H18N6OS2. The van der Waals surface area contributed by atoms with Gasteiger partial charge in [-0.1, -0.05) is 29.6 Å². The lowest BCUT2D eigenvalue weighted by Gasteiger charge is -2.12. The van der Waals surface area contributed by atoms with Crippen molar-refractivity contribution in [3.8, 4) is 11.4 Å². The molecule has 1 atom stereocenters. The van der Waals surface area contributed by atoms with Crippen LogP contribution >= 0.6 is 23.5 Å². The Hall–Kier alpha value is -2.13. The van der Waals surface area contributed by atoms with Gasteiger partial charge in [0, 0.05) is 30.3 Å². The molecule has 9 heteroatoms. The van der Waals surface area contributed by atoms with E-state index in [1.807, 2.05) is 23.6 Å². The minimum atomic E-state index is -0.321. The number of aliphatic imine (C=N–C) groups is 1. The van der Waals surface area contributed by atoms with Crippen molar-refractivity contribution in [2.45, 2.75) is 23.9 Å². The number of carbonyl (C=O) groups excluding carboxylic acids is 1. The summed E-state index contributed by atoms with van der Waals surface area (Å²) in [6.45, 7) is 6.95. The summed E-state index contributed by atoms with van der Waals surface area (Å²) in [6, 6.07) is 3.78. The molecule has 0 aromatic carbocycles. The lowest BCUT2D eigenvalue weighted by molar-refractivity contribution is -0.118. The Morgan fingerprint density at radius 1 is 1.56 bits per heavy atom. The van der Waals surface area contributed by atoms with Crippen LogP contribution in [-0.4, -0.2) is 48.4 Å². The maximum atomic E-state index is 12.3. The van der Waals surface area contributed by atoms with Crippen molar-refractivity contribution in [3.05, 3.63) is 37.2 Å². The van der Waals surface area contributed by atoms with E-state index in [9.17, 15) is 4.79 Å². The lowest BCUT2D eigenvalue weighted by Crippen LogP contribution is -2.34. The van der Waals surface area contributed by atoms with E-state index >= 15 is 0 Å². The average molecular weight is 374 g/mol. The fourth-order valence-corrected chi connectivity index (χ4v) is 3.80. The first-order chi connectivity index (χ1) is 12.2. The third-order valence-corrected chi connectivity index (χ3v) is 5.39. The molecule has 1 aliphatic heterocycles. The summed E-state index contributed by atoms with van der Waals surface area (Å²) < 4.78 is 1.93. The van der Waals surface area contributed by atoms with E-state index in [2.05, 4.69) is 32.1 Å². The molecule has 0 saturated carbocycles. The zero-order valence-electron chi connectivity index (χ0n) is 13.8.